The van der Waals surface area contributed by atoms with Gasteiger partial charge < -0.3 is 8.98 Å². The molecule has 0 radical (unpaired) electrons. The molecule has 10 aromatic rings. The number of hydrogen-bond donors (Lipinski definition) is 0. The molecule has 0 aliphatic heterocycles. The molecule has 45 heavy (non-hydrogen) atoms. The van der Waals surface area contributed by atoms with Gasteiger partial charge in [-0.2, -0.15) is 0 Å². The van der Waals surface area contributed by atoms with Crippen LogP contribution in [0.4, 0.5) is 0 Å². The maximum atomic E-state index is 6.34. The van der Waals surface area contributed by atoms with E-state index in [0.29, 0.717) is 0 Å². The molecule has 0 saturated carbocycles. The van der Waals surface area contributed by atoms with Gasteiger partial charge >= 0.3 is 0 Å². The van der Waals surface area contributed by atoms with Crippen molar-refractivity contribution in [1.82, 2.24) is 4.57 Å². The zero-order chi connectivity index (χ0) is 29.5. The Morgan fingerprint density at radius 1 is 0.444 bits per heavy atom. The molecule has 0 spiro atoms. The second-order valence-corrected chi connectivity index (χ2v) is 12.7. The maximum absolute atomic E-state index is 6.34. The molecule has 210 valence electrons. The summed E-state index contributed by atoms with van der Waals surface area (Å²) in [6.45, 7) is 0. The van der Waals surface area contributed by atoms with Crippen LogP contribution < -0.4 is 0 Å². The van der Waals surface area contributed by atoms with Gasteiger partial charge in [-0.3, -0.25) is 0 Å². The predicted molar refractivity (Wildman–Crippen MR) is 192 cm³/mol. The summed E-state index contributed by atoms with van der Waals surface area (Å²) in [5, 5.41) is 7.39. The Morgan fingerprint density at radius 2 is 1.20 bits per heavy atom. The number of furan rings is 1. The molecule has 7 aromatic carbocycles. The van der Waals surface area contributed by atoms with E-state index in [9.17, 15) is 0 Å². The molecule has 0 aliphatic rings. The molecule has 0 N–H and O–H groups in total. The number of nitrogens with zero attached hydrogens (tertiary/aromatic N) is 1. The highest BCUT2D eigenvalue weighted by atomic mass is 32.1. The Balaban J connectivity index is 1.29. The fourth-order valence-corrected chi connectivity index (χ4v) is 8.41. The van der Waals surface area contributed by atoms with Gasteiger partial charge in [-0.1, -0.05) is 109 Å². The van der Waals surface area contributed by atoms with Crippen molar-refractivity contribution in [3.63, 3.8) is 0 Å². The van der Waals surface area contributed by atoms with Crippen LogP contribution >= 0.6 is 11.3 Å². The van der Waals surface area contributed by atoms with Gasteiger partial charge in [-0.15, -0.1) is 11.3 Å². The van der Waals surface area contributed by atoms with Crippen molar-refractivity contribution < 1.29 is 4.42 Å². The first-order chi connectivity index (χ1) is 22.3. The average Bonchev–Trinajstić information content (AvgIpc) is 3.77. The van der Waals surface area contributed by atoms with E-state index in [0.717, 1.165) is 27.6 Å². The van der Waals surface area contributed by atoms with Gasteiger partial charge in [0.05, 0.1) is 22.1 Å². The third-order valence-electron chi connectivity index (χ3n) is 9.21. The Morgan fingerprint density at radius 3 is 2.13 bits per heavy atom. The summed E-state index contributed by atoms with van der Waals surface area (Å²) in [5.41, 5.74) is 10.2. The number of fused-ring (bicyclic) bond motifs is 9. The molecule has 0 bridgehead atoms. The van der Waals surface area contributed by atoms with Crippen molar-refractivity contribution >= 4 is 75.3 Å². The number of para-hydroxylation sites is 1. The van der Waals surface area contributed by atoms with E-state index in [1.54, 1.807) is 0 Å². The molecule has 0 fully saturated rings. The van der Waals surface area contributed by atoms with Crippen LogP contribution in [0.15, 0.2) is 156 Å². The highest BCUT2D eigenvalue weighted by Gasteiger charge is 2.19. The Labute approximate surface area is 263 Å². The quantitative estimate of drug-likeness (QED) is 0.200. The fourth-order valence-electron chi connectivity index (χ4n) is 7.17. The first-order valence-corrected chi connectivity index (χ1v) is 16.1. The van der Waals surface area contributed by atoms with Crippen molar-refractivity contribution in [2.75, 3.05) is 0 Å². The van der Waals surface area contributed by atoms with Crippen LogP contribution in [-0.4, -0.2) is 4.57 Å². The molecule has 10 rings (SSSR count). The van der Waals surface area contributed by atoms with Gasteiger partial charge in [0.15, 0.2) is 0 Å². The lowest BCUT2D eigenvalue weighted by Gasteiger charge is -2.11. The van der Waals surface area contributed by atoms with E-state index in [-0.39, 0.29) is 0 Å². The zero-order valence-corrected chi connectivity index (χ0v) is 25.0. The van der Waals surface area contributed by atoms with Crippen LogP contribution in [-0.2, 0) is 0 Å². The minimum Gasteiger partial charge on any atom is -0.456 e. The van der Waals surface area contributed by atoms with Crippen molar-refractivity contribution in [3.8, 4) is 27.9 Å². The van der Waals surface area contributed by atoms with Gasteiger partial charge in [0.1, 0.15) is 11.2 Å². The van der Waals surface area contributed by atoms with E-state index < -0.39 is 0 Å². The molecule has 0 amide bonds. The lowest BCUT2D eigenvalue weighted by atomic mass is 10.00. The minimum absolute atomic E-state index is 0.899. The van der Waals surface area contributed by atoms with Crippen LogP contribution in [0, 0.1) is 0 Å². The van der Waals surface area contributed by atoms with Crippen LogP contribution in [0.5, 0.6) is 0 Å². The normalized spacial score (nSPS) is 12.0. The number of thiophene rings is 1. The number of rotatable bonds is 3. The molecule has 3 aromatic heterocycles. The van der Waals surface area contributed by atoms with Gasteiger partial charge in [0.2, 0.25) is 0 Å². The Hall–Kier alpha value is -5.64. The molecular weight excluding hydrogens is 567 g/mol. The summed E-state index contributed by atoms with van der Waals surface area (Å²) in [7, 11) is 0. The molecule has 0 atom stereocenters. The van der Waals surface area contributed by atoms with Crippen LogP contribution in [0.2, 0.25) is 0 Å². The summed E-state index contributed by atoms with van der Waals surface area (Å²) < 4.78 is 11.4. The molecule has 0 aliphatic carbocycles. The van der Waals surface area contributed by atoms with E-state index in [4.69, 9.17) is 4.42 Å². The number of benzene rings is 7. The highest BCUT2D eigenvalue weighted by Crippen LogP contribution is 2.43. The Kier molecular flexibility index (Phi) is 5.19. The summed E-state index contributed by atoms with van der Waals surface area (Å²) in [6.07, 6.45) is 0. The average molecular weight is 592 g/mol. The van der Waals surface area contributed by atoms with Gasteiger partial charge in [0.25, 0.3) is 0 Å². The standard InChI is InChI=1S/C42H25NOS/c1-2-10-26(11-3-1)27-20-22-30-34-24-28(29-14-8-15-32-31-12-5-7-19-40(31)45-42(29)32)21-23-35(34)43(37(30)25-27)36-16-9-18-39-41(36)33-13-4-6-17-38(33)44-39/h1-25H. The van der Waals surface area contributed by atoms with Gasteiger partial charge in [-0.25, -0.2) is 0 Å². The number of aromatic nitrogens is 1. The lowest BCUT2D eigenvalue weighted by Crippen LogP contribution is -1.95. The predicted octanol–water partition coefficient (Wildman–Crippen LogP) is 12.4. The van der Waals surface area contributed by atoms with Crippen LogP contribution in [0.1, 0.15) is 0 Å². The third kappa shape index (κ3) is 3.62. The SMILES string of the molecule is c1ccc(-c2ccc3c4cc(-c5cccc6c5sc5ccccc56)ccc4n(-c4cccc5oc6ccccc6c45)c3c2)cc1. The van der Waals surface area contributed by atoms with Gasteiger partial charge in [-0.05, 0) is 64.7 Å². The fraction of sp³-hybridized carbons (Fsp3) is 0. The second-order valence-electron chi connectivity index (χ2n) is 11.7. The second kappa shape index (κ2) is 9.43. The van der Waals surface area contributed by atoms with Crippen LogP contribution in [0.3, 0.4) is 0 Å². The van der Waals surface area contributed by atoms with E-state index in [2.05, 4.69) is 150 Å². The molecule has 3 heteroatoms. The van der Waals surface area contributed by atoms with Crippen molar-refractivity contribution in [1.29, 1.82) is 0 Å². The van der Waals surface area contributed by atoms with Crippen molar-refractivity contribution in [2.45, 2.75) is 0 Å². The summed E-state index contributed by atoms with van der Waals surface area (Å²) >= 11 is 1.88. The first kappa shape index (κ1) is 24.8. The minimum atomic E-state index is 0.899. The van der Waals surface area contributed by atoms with E-state index >= 15 is 0 Å². The molecule has 3 heterocycles. The summed E-state index contributed by atoms with van der Waals surface area (Å²) in [6, 6.07) is 54.7. The highest BCUT2D eigenvalue weighted by molar-refractivity contribution is 7.26. The van der Waals surface area contributed by atoms with Gasteiger partial charge in [0, 0.05) is 36.3 Å². The largest absolute Gasteiger partial charge is 0.456 e. The van der Waals surface area contributed by atoms with Crippen molar-refractivity contribution in [3.05, 3.63) is 152 Å². The summed E-state index contributed by atoms with van der Waals surface area (Å²) in [5.74, 6) is 0. The van der Waals surface area contributed by atoms with Crippen LogP contribution in [0.25, 0.3) is 91.9 Å². The lowest BCUT2D eigenvalue weighted by molar-refractivity contribution is 0.669. The third-order valence-corrected chi connectivity index (χ3v) is 10.4. The zero-order valence-electron chi connectivity index (χ0n) is 24.2. The first-order valence-electron chi connectivity index (χ1n) is 15.3. The Bertz CT molecular complexity index is 2760. The maximum Gasteiger partial charge on any atom is 0.137 e. The molecule has 2 nitrogen and oxygen atoms in total. The smallest absolute Gasteiger partial charge is 0.137 e. The molecular formula is C42H25NOS. The molecule has 0 saturated heterocycles. The molecule has 0 unspecified atom stereocenters. The number of hydrogen-bond acceptors (Lipinski definition) is 2. The van der Waals surface area contributed by atoms with E-state index in [1.807, 2.05) is 17.4 Å². The van der Waals surface area contributed by atoms with Crippen molar-refractivity contribution in [2.24, 2.45) is 0 Å². The van der Waals surface area contributed by atoms with E-state index in [1.165, 1.54) is 64.2 Å². The summed E-state index contributed by atoms with van der Waals surface area (Å²) in [4.78, 5) is 0. The monoisotopic (exact) mass is 591 g/mol. The topological polar surface area (TPSA) is 18.1 Å².